The minimum absolute atomic E-state index is 0. The van der Waals surface area contributed by atoms with Crippen molar-refractivity contribution in [1.29, 1.82) is 5.41 Å². The van der Waals surface area contributed by atoms with E-state index < -0.39 is 0 Å². The van der Waals surface area contributed by atoms with E-state index in [9.17, 15) is 0 Å². The average molecular weight is 115 g/mol. The first kappa shape index (κ1) is 10.6. The average Bonchev–Trinajstić information content (AvgIpc) is 1.31. The maximum atomic E-state index is 7.15. The molecule has 0 aromatic rings. The molecule has 8 heavy (non-hydrogen) atoms. The van der Waals surface area contributed by atoms with Crippen LogP contribution in [0.5, 0.6) is 0 Å². The van der Waals surface area contributed by atoms with Crippen LogP contribution in [0.15, 0.2) is 0 Å². The van der Waals surface area contributed by atoms with Gasteiger partial charge < -0.3 is 5.41 Å². The molecule has 0 fully saturated rings. The van der Waals surface area contributed by atoms with Crippen LogP contribution >= 0.6 is 0 Å². The highest BCUT2D eigenvalue weighted by molar-refractivity contribution is 5.83. The lowest BCUT2D eigenvalue weighted by molar-refractivity contribution is 0.584. The van der Waals surface area contributed by atoms with Gasteiger partial charge >= 0.3 is 0 Å². The fourth-order valence-corrected chi connectivity index (χ4v) is 0. The molecule has 0 atom stereocenters. The lowest BCUT2D eigenvalue weighted by Gasteiger charge is -2.14. The van der Waals surface area contributed by atoms with E-state index in [1.165, 1.54) is 0 Å². The van der Waals surface area contributed by atoms with E-state index in [1.54, 1.807) is 0 Å². The Balaban J connectivity index is 0. The van der Waals surface area contributed by atoms with Crippen LogP contribution in [0.4, 0.5) is 0 Å². The molecule has 1 heteroatoms. The Morgan fingerprint density at radius 1 is 1.25 bits per heavy atom. The highest BCUT2D eigenvalue weighted by Gasteiger charge is 2.10. The van der Waals surface area contributed by atoms with Crippen molar-refractivity contribution in [3.8, 4) is 0 Å². The van der Waals surface area contributed by atoms with Gasteiger partial charge in [0.2, 0.25) is 0 Å². The molecule has 0 heterocycles. The fraction of sp³-hybridized carbons (Fsp3) is 0.857. The zero-order chi connectivity index (χ0) is 6.08. The van der Waals surface area contributed by atoms with Gasteiger partial charge in [0, 0.05) is 5.71 Å². The van der Waals surface area contributed by atoms with Crippen molar-refractivity contribution in [2.45, 2.75) is 35.1 Å². The quantitative estimate of drug-likeness (QED) is 0.469. The Kier molecular flexibility index (Phi) is 3.78. The molecule has 0 spiro atoms. The second-order valence-electron chi connectivity index (χ2n) is 2.88. The van der Waals surface area contributed by atoms with Crippen LogP contribution in [-0.4, -0.2) is 5.71 Å². The molecule has 0 aromatic carbocycles. The van der Waals surface area contributed by atoms with E-state index in [1.807, 2.05) is 27.7 Å². The highest BCUT2D eigenvalue weighted by Crippen LogP contribution is 2.13. The van der Waals surface area contributed by atoms with Gasteiger partial charge in [-0.2, -0.15) is 0 Å². The van der Waals surface area contributed by atoms with Gasteiger partial charge in [0.1, 0.15) is 0 Å². The molecule has 0 aliphatic heterocycles. The summed E-state index contributed by atoms with van der Waals surface area (Å²) >= 11 is 0. The van der Waals surface area contributed by atoms with E-state index in [0.717, 1.165) is 5.71 Å². The molecule has 0 radical (unpaired) electrons. The number of hydrogen-bond donors (Lipinski definition) is 1. The first-order valence-electron chi connectivity index (χ1n) is 2.50. The fourth-order valence-electron chi connectivity index (χ4n) is 0. The van der Waals surface area contributed by atoms with E-state index >= 15 is 0 Å². The third kappa shape index (κ3) is 3.85. The van der Waals surface area contributed by atoms with Crippen LogP contribution in [0, 0.1) is 10.8 Å². The molecule has 0 aliphatic rings. The van der Waals surface area contributed by atoms with E-state index in [-0.39, 0.29) is 12.8 Å². The summed E-state index contributed by atoms with van der Waals surface area (Å²) in [6.45, 7) is 7.94. The van der Waals surface area contributed by atoms with E-state index in [2.05, 4.69) is 0 Å². The molecule has 0 saturated carbocycles. The molecular formula is C7H17N. The van der Waals surface area contributed by atoms with Gasteiger partial charge in [0.25, 0.3) is 0 Å². The van der Waals surface area contributed by atoms with Crippen LogP contribution in [0.3, 0.4) is 0 Å². The Morgan fingerprint density at radius 2 is 1.38 bits per heavy atom. The summed E-state index contributed by atoms with van der Waals surface area (Å²) < 4.78 is 0. The molecule has 0 unspecified atom stereocenters. The Bertz CT molecular complexity index is 76.9. The van der Waals surface area contributed by atoms with Gasteiger partial charge in [-0.1, -0.05) is 28.2 Å². The summed E-state index contributed by atoms with van der Waals surface area (Å²) in [5, 5.41) is 7.15. The van der Waals surface area contributed by atoms with Gasteiger partial charge in [-0.15, -0.1) is 0 Å². The van der Waals surface area contributed by atoms with Crippen LogP contribution in [0.2, 0.25) is 0 Å². The number of nitrogens with one attached hydrogen (secondary N) is 1. The molecule has 0 aliphatic carbocycles. The SMILES string of the molecule is C.CC(=N)C(C)(C)C. The predicted molar refractivity (Wildman–Crippen MR) is 39.6 cm³/mol. The maximum Gasteiger partial charge on any atom is 0.0112 e. The molecule has 0 aromatic heterocycles. The lowest BCUT2D eigenvalue weighted by atomic mass is 9.91. The summed E-state index contributed by atoms with van der Waals surface area (Å²) in [6.07, 6.45) is 0. The molecule has 0 amide bonds. The van der Waals surface area contributed by atoms with Gasteiger partial charge in [-0.3, -0.25) is 0 Å². The first-order chi connectivity index (χ1) is 2.94. The third-order valence-corrected chi connectivity index (χ3v) is 1.12. The van der Waals surface area contributed by atoms with Gasteiger partial charge in [0.05, 0.1) is 0 Å². The summed E-state index contributed by atoms with van der Waals surface area (Å²) in [6, 6.07) is 0. The van der Waals surface area contributed by atoms with Crippen LogP contribution in [0.1, 0.15) is 35.1 Å². The van der Waals surface area contributed by atoms with Crippen LogP contribution in [0.25, 0.3) is 0 Å². The first-order valence-corrected chi connectivity index (χ1v) is 2.50. The molecule has 1 nitrogen and oxygen atoms in total. The summed E-state index contributed by atoms with van der Waals surface area (Å²) in [5.74, 6) is 0. The molecule has 0 saturated heterocycles. The lowest BCUT2D eigenvalue weighted by Crippen LogP contribution is -2.14. The summed E-state index contributed by atoms with van der Waals surface area (Å²) in [7, 11) is 0. The topological polar surface area (TPSA) is 23.9 Å². The summed E-state index contributed by atoms with van der Waals surface area (Å²) in [4.78, 5) is 0. The van der Waals surface area contributed by atoms with Gasteiger partial charge in [-0.25, -0.2) is 0 Å². The zero-order valence-corrected chi connectivity index (χ0v) is 5.50. The maximum absolute atomic E-state index is 7.15. The van der Waals surface area contributed by atoms with Crippen molar-refractivity contribution in [3.05, 3.63) is 0 Å². The minimum atomic E-state index is 0. The second-order valence-corrected chi connectivity index (χ2v) is 2.88. The number of rotatable bonds is 0. The Labute approximate surface area is 52.6 Å². The smallest absolute Gasteiger partial charge is 0.0112 e. The summed E-state index contributed by atoms with van der Waals surface area (Å²) in [5.41, 5.74) is 0.826. The normalized spacial score (nSPS) is 10.0. The molecule has 1 N–H and O–H groups in total. The van der Waals surface area contributed by atoms with E-state index in [4.69, 9.17) is 5.41 Å². The van der Waals surface area contributed by atoms with Crippen molar-refractivity contribution < 1.29 is 0 Å². The second kappa shape index (κ2) is 2.85. The molecule has 0 rings (SSSR count). The largest absolute Gasteiger partial charge is 0.309 e. The number of hydrogen-bond acceptors (Lipinski definition) is 1. The van der Waals surface area contributed by atoms with Crippen LogP contribution < -0.4 is 0 Å². The monoisotopic (exact) mass is 115 g/mol. The Morgan fingerprint density at radius 3 is 1.38 bits per heavy atom. The standard InChI is InChI=1S/C6H13N.CH4/c1-5(7)6(2,3)4;/h7H,1-4H3;1H4. The van der Waals surface area contributed by atoms with Crippen molar-refractivity contribution in [2.24, 2.45) is 5.41 Å². The molecule has 50 valence electrons. The van der Waals surface area contributed by atoms with Gasteiger partial charge in [-0.05, 0) is 12.3 Å². The molecular weight excluding hydrogens is 98.1 g/mol. The van der Waals surface area contributed by atoms with Crippen LogP contribution in [-0.2, 0) is 0 Å². The molecule has 0 bridgehead atoms. The van der Waals surface area contributed by atoms with Crippen molar-refractivity contribution in [3.63, 3.8) is 0 Å². The van der Waals surface area contributed by atoms with Crippen molar-refractivity contribution in [2.75, 3.05) is 0 Å². The highest BCUT2D eigenvalue weighted by atomic mass is 14.4. The van der Waals surface area contributed by atoms with Crippen molar-refractivity contribution in [1.82, 2.24) is 0 Å². The van der Waals surface area contributed by atoms with Crippen molar-refractivity contribution >= 4 is 5.71 Å². The Hall–Kier alpha value is -0.330. The van der Waals surface area contributed by atoms with Gasteiger partial charge in [0.15, 0.2) is 0 Å². The predicted octanol–water partition coefficient (Wildman–Crippen LogP) is 2.71. The zero-order valence-electron chi connectivity index (χ0n) is 5.50. The minimum Gasteiger partial charge on any atom is -0.309 e. The van der Waals surface area contributed by atoms with E-state index in [0.29, 0.717) is 0 Å². The third-order valence-electron chi connectivity index (χ3n) is 1.12.